The lowest BCUT2D eigenvalue weighted by molar-refractivity contribution is -0.130. The van der Waals surface area contributed by atoms with Crippen LogP contribution < -0.4 is 15.5 Å². The number of aryl methyl sites for hydroxylation is 2. The van der Waals surface area contributed by atoms with E-state index in [9.17, 15) is 23.9 Å². The Bertz CT molecular complexity index is 1430. The molecule has 0 radical (unpaired) electrons. The molecule has 7 nitrogen and oxygen atoms in total. The largest absolute Gasteiger partial charge is 0.508 e. The number of aromatic hydroxyl groups is 1. The lowest BCUT2D eigenvalue weighted by Gasteiger charge is -2.29. The quantitative estimate of drug-likeness (QED) is 0.495. The molecule has 2 saturated heterocycles. The maximum atomic E-state index is 14.4. The van der Waals surface area contributed by atoms with Gasteiger partial charge in [-0.1, -0.05) is 18.2 Å². The zero-order chi connectivity index (χ0) is 25.4. The van der Waals surface area contributed by atoms with Gasteiger partial charge in [0, 0.05) is 17.3 Å². The summed E-state index contributed by atoms with van der Waals surface area (Å²) in [7, 11) is 0. The second-order valence-electron chi connectivity index (χ2n) is 9.93. The molecule has 1 spiro atoms. The SMILES string of the molecule is Cc1cc(C)cc(N2C(=O)[C@H]3[C@H](Cc4ccc(O)cc4)N[C@]4(C(=O)Nc5ccc(F)cc54)[C@@H]3C2=O)c1. The van der Waals surface area contributed by atoms with Gasteiger partial charge in [0.15, 0.2) is 0 Å². The fraction of sp³-hybridized carbons (Fsp3) is 0.250. The third-order valence-corrected chi connectivity index (χ3v) is 7.53. The number of carbonyl (C=O) groups is 3. The predicted molar refractivity (Wildman–Crippen MR) is 131 cm³/mol. The van der Waals surface area contributed by atoms with Crippen LogP contribution in [0, 0.1) is 31.5 Å². The number of anilines is 2. The molecule has 3 N–H and O–H groups in total. The van der Waals surface area contributed by atoms with Crippen LogP contribution in [0.3, 0.4) is 0 Å². The normalized spacial score (nSPS) is 26.5. The first-order valence-corrected chi connectivity index (χ1v) is 11.8. The molecule has 2 fully saturated rings. The van der Waals surface area contributed by atoms with Crippen molar-refractivity contribution in [2.24, 2.45) is 11.8 Å². The molecule has 182 valence electrons. The number of phenolic OH excluding ortho intramolecular Hbond substituents is 1. The first-order valence-electron chi connectivity index (χ1n) is 11.8. The maximum Gasteiger partial charge on any atom is 0.250 e. The summed E-state index contributed by atoms with van der Waals surface area (Å²) in [5.41, 5.74) is 2.27. The van der Waals surface area contributed by atoms with Gasteiger partial charge in [0.25, 0.3) is 0 Å². The monoisotopic (exact) mass is 485 g/mol. The molecule has 3 aliphatic heterocycles. The first kappa shape index (κ1) is 22.4. The summed E-state index contributed by atoms with van der Waals surface area (Å²) in [4.78, 5) is 42.7. The fourth-order valence-corrected chi connectivity index (χ4v) is 6.17. The minimum absolute atomic E-state index is 0.111. The Balaban J connectivity index is 1.51. The van der Waals surface area contributed by atoms with Crippen LogP contribution in [0.4, 0.5) is 15.8 Å². The predicted octanol–water partition coefficient (Wildman–Crippen LogP) is 3.32. The molecule has 3 amide bonds. The van der Waals surface area contributed by atoms with Gasteiger partial charge in [0.05, 0.1) is 17.5 Å². The lowest BCUT2D eigenvalue weighted by Crippen LogP contribution is -2.53. The molecule has 0 unspecified atom stereocenters. The second-order valence-corrected chi connectivity index (χ2v) is 9.93. The fourth-order valence-electron chi connectivity index (χ4n) is 6.17. The van der Waals surface area contributed by atoms with Crippen LogP contribution >= 0.6 is 0 Å². The number of benzene rings is 3. The van der Waals surface area contributed by atoms with Crippen molar-refractivity contribution in [1.29, 1.82) is 0 Å². The molecule has 3 aliphatic rings. The standard InChI is InChI=1S/C28H24FN3O4/c1-14-9-15(2)11-18(10-14)32-25(34)23-22(12-16-3-6-19(33)7-4-16)31-28(24(23)26(32)35)20-13-17(29)5-8-21(20)30-27(28)36/h3-11,13,22-24,31,33H,12H2,1-2H3,(H,30,36)/t22-,23-,24-,28-/m0/s1. The van der Waals surface area contributed by atoms with Gasteiger partial charge in [-0.25, -0.2) is 9.29 Å². The van der Waals surface area contributed by atoms with Gasteiger partial charge < -0.3 is 10.4 Å². The lowest BCUT2D eigenvalue weighted by atomic mass is 9.76. The number of halogens is 1. The van der Waals surface area contributed by atoms with Crippen LogP contribution in [-0.2, 0) is 26.3 Å². The summed E-state index contributed by atoms with van der Waals surface area (Å²) in [6, 6.07) is 15.5. The highest BCUT2D eigenvalue weighted by molar-refractivity contribution is 6.25. The topological polar surface area (TPSA) is 98.7 Å². The van der Waals surface area contributed by atoms with Gasteiger partial charge in [-0.15, -0.1) is 0 Å². The number of fused-ring (bicyclic) bond motifs is 4. The molecule has 36 heavy (non-hydrogen) atoms. The minimum atomic E-state index is -1.58. The Morgan fingerprint density at radius 3 is 2.33 bits per heavy atom. The van der Waals surface area contributed by atoms with Gasteiger partial charge in [0.2, 0.25) is 17.7 Å². The van der Waals surface area contributed by atoms with E-state index in [1.807, 2.05) is 19.9 Å². The summed E-state index contributed by atoms with van der Waals surface area (Å²) in [6.07, 6.45) is 0.334. The van der Waals surface area contributed by atoms with Crippen molar-refractivity contribution in [3.8, 4) is 5.75 Å². The highest BCUT2D eigenvalue weighted by atomic mass is 19.1. The number of imide groups is 1. The van der Waals surface area contributed by atoms with Crippen molar-refractivity contribution in [2.75, 3.05) is 10.2 Å². The van der Waals surface area contributed by atoms with Crippen LogP contribution in [0.15, 0.2) is 60.7 Å². The Morgan fingerprint density at radius 1 is 0.944 bits per heavy atom. The van der Waals surface area contributed by atoms with Crippen LogP contribution in [0.2, 0.25) is 0 Å². The third kappa shape index (κ3) is 3.10. The highest BCUT2D eigenvalue weighted by Crippen LogP contribution is 2.54. The smallest absolute Gasteiger partial charge is 0.250 e. The number of hydrogen-bond donors (Lipinski definition) is 3. The van der Waals surface area contributed by atoms with Crippen LogP contribution in [0.25, 0.3) is 0 Å². The molecule has 0 bridgehead atoms. The number of phenols is 1. The van der Waals surface area contributed by atoms with E-state index in [0.717, 1.165) is 16.7 Å². The number of nitrogens with one attached hydrogen (secondary N) is 2. The molecular formula is C28H24FN3O4. The van der Waals surface area contributed by atoms with E-state index < -0.39 is 41.0 Å². The molecule has 3 aromatic carbocycles. The number of hydrogen-bond acceptors (Lipinski definition) is 5. The van der Waals surface area contributed by atoms with E-state index in [4.69, 9.17) is 0 Å². The number of rotatable bonds is 3. The molecule has 4 atom stereocenters. The molecule has 6 rings (SSSR count). The number of carbonyl (C=O) groups excluding carboxylic acids is 3. The molecule has 8 heteroatoms. The average molecular weight is 486 g/mol. The van der Waals surface area contributed by atoms with Gasteiger partial charge in [0.1, 0.15) is 17.1 Å². The van der Waals surface area contributed by atoms with Gasteiger partial charge in [-0.3, -0.25) is 19.7 Å². The molecule has 3 aromatic rings. The summed E-state index contributed by atoms with van der Waals surface area (Å²) < 4.78 is 14.4. The van der Waals surface area contributed by atoms with E-state index in [2.05, 4.69) is 10.6 Å². The van der Waals surface area contributed by atoms with Crippen molar-refractivity contribution < 1.29 is 23.9 Å². The average Bonchev–Trinajstić information content (AvgIpc) is 3.39. The second kappa shape index (κ2) is 7.73. The van der Waals surface area contributed by atoms with E-state index in [1.165, 1.54) is 23.1 Å². The Labute approximate surface area is 206 Å². The van der Waals surface area contributed by atoms with E-state index >= 15 is 0 Å². The Morgan fingerprint density at radius 2 is 1.64 bits per heavy atom. The third-order valence-electron chi connectivity index (χ3n) is 7.53. The van der Waals surface area contributed by atoms with Crippen molar-refractivity contribution in [3.05, 3.63) is 88.7 Å². The zero-order valence-corrected chi connectivity index (χ0v) is 19.7. The first-order chi connectivity index (χ1) is 17.2. The van der Waals surface area contributed by atoms with E-state index in [1.54, 1.807) is 36.4 Å². The molecule has 3 heterocycles. The number of nitrogens with zero attached hydrogens (tertiary/aromatic N) is 1. The molecular weight excluding hydrogens is 461 g/mol. The van der Waals surface area contributed by atoms with Crippen LogP contribution in [0.5, 0.6) is 5.75 Å². The molecule has 0 saturated carbocycles. The number of amides is 3. The maximum absolute atomic E-state index is 14.4. The summed E-state index contributed by atoms with van der Waals surface area (Å²) in [6.45, 7) is 3.78. The zero-order valence-electron chi connectivity index (χ0n) is 19.7. The molecule has 0 aromatic heterocycles. The van der Waals surface area contributed by atoms with E-state index in [-0.39, 0.29) is 11.7 Å². The highest BCUT2D eigenvalue weighted by Gasteiger charge is 2.70. The van der Waals surface area contributed by atoms with Gasteiger partial charge in [-0.05, 0) is 79.4 Å². The molecule has 0 aliphatic carbocycles. The Kier molecular flexibility index (Phi) is 4.82. The Hall–Kier alpha value is -4.04. The minimum Gasteiger partial charge on any atom is -0.508 e. The van der Waals surface area contributed by atoms with E-state index in [0.29, 0.717) is 23.4 Å². The summed E-state index contributed by atoms with van der Waals surface area (Å²) >= 11 is 0. The van der Waals surface area contributed by atoms with Crippen LogP contribution in [0.1, 0.15) is 22.3 Å². The van der Waals surface area contributed by atoms with Crippen molar-refractivity contribution in [1.82, 2.24) is 5.32 Å². The van der Waals surface area contributed by atoms with Crippen molar-refractivity contribution in [3.63, 3.8) is 0 Å². The summed E-state index contributed by atoms with van der Waals surface area (Å²) in [5, 5.41) is 15.8. The van der Waals surface area contributed by atoms with Crippen molar-refractivity contribution >= 4 is 29.1 Å². The van der Waals surface area contributed by atoms with Crippen LogP contribution in [-0.4, -0.2) is 28.9 Å². The van der Waals surface area contributed by atoms with Crippen molar-refractivity contribution in [2.45, 2.75) is 31.8 Å². The van der Waals surface area contributed by atoms with Gasteiger partial charge in [-0.2, -0.15) is 0 Å². The summed E-state index contributed by atoms with van der Waals surface area (Å²) in [5.74, 6) is -3.66. The van der Waals surface area contributed by atoms with Gasteiger partial charge >= 0.3 is 0 Å².